The number of thiazole rings is 1. The van der Waals surface area contributed by atoms with Gasteiger partial charge in [0.1, 0.15) is 5.56 Å². The number of fused-ring (bicyclic) bond motifs is 1. The van der Waals surface area contributed by atoms with Gasteiger partial charge in [-0.25, -0.2) is 4.98 Å². The second-order valence-electron chi connectivity index (χ2n) is 4.78. The Morgan fingerprint density at radius 2 is 2.09 bits per heavy atom. The van der Waals surface area contributed by atoms with Crippen molar-refractivity contribution in [2.75, 3.05) is 0 Å². The number of carbonyl (C=O) groups is 1. The number of benzene rings is 1. The van der Waals surface area contributed by atoms with Crippen molar-refractivity contribution in [1.82, 2.24) is 14.7 Å². The van der Waals surface area contributed by atoms with Crippen molar-refractivity contribution in [3.8, 4) is 0 Å². The van der Waals surface area contributed by atoms with Crippen LogP contribution in [0.4, 0.5) is 0 Å². The number of amides is 1. The highest BCUT2D eigenvalue weighted by molar-refractivity contribution is 7.15. The van der Waals surface area contributed by atoms with E-state index in [9.17, 15) is 9.59 Å². The molecule has 7 heteroatoms. The SMILES string of the molecule is Cc1csc2ncc(C(=O)NCc3ccc(Cl)cc3)c(=O)n12. The molecule has 3 aromatic rings. The molecule has 0 saturated heterocycles. The Hall–Kier alpha value is -2.18. The highest BCUT2D eigenvalue weighted by atomic mass is 35.5. The Labute approximate surface area is 135 Å². The van der Waals surface area contributed by atoms with E-state index >= 15 is 0 Å². The number of nitrogens with one attached hydrogen (secondary N) is 1. The number of aryl methyl sites for hydroxylation is 1. The van der Waals surface area contributed by atoms with Gasteiger partial charge in [-0.2, -0.15) is 0 Å². The summed E-state index contributed by atoms with van der Waals surface area (Å²) in [4.78, 5) is 29.3. The van der Waals surface area contributed by atoms with Crippen LogP contribution >= 0.6 is 22.9 Å². The largest absolute Gasteiger partial charge is 0.348 e. The topological polar surface area (TPSA) is 63.5 Å². The van der Waals surface area contributed by atoms with Crippen LogP contribution in [0.3, 0.4) is 0 Å². The Balaban J connectivity index is 1.83. The Bertz CT molecular complexity index is 899. The third kappa shape index (κ3) is 2.75. The molecular weight excluding hydrogens is 322 g/mol. The Morgan fingerprint density at radius 1 is 1.36 bits per heavy atom. The van der Waals surface area contributed by atoms with E-state index in [-0.39, 0.29) is 11.1 Å². The van der Waals surface area contributed by atoms with Crippen LogP contribution in [0.2, 0.25) is 5.02 Å². The van der Waals surface area contributed by atoms with Gasteiger partial charge in [-0.05, 0) is 24.6 Å². The van der Waals surface area contributed by atoms with Crippen LogP contribution in [0.25, 0.3) is 4.96 Å². The molecule has 0 atom stereocenters. The zero-order valence-corrected chi connectivity index (χ0v) is 13.2. The highest BCUT2D eigenvalue weighted by Crippen LogP contribution is 2.11. The molecular formula is C15H12ClN3O2S. The number of halogens is 1. The molecule has 22 heavy (non-hydrogen) atoms. The minimum absolute atomic E-state index is 0.0352. The molecule has 0 aliphatic carbocycles. The summed E-state index contributed by atoms with van der Waals surface area (Å²) in [6, 6.07) is 7.14. The van der Waals surface area contributed by atoms with Crippen LogP contribution < -0.4 is 10.9 Å². The van der Waals surface area contributed by atoms with Crippen LogP contribution in [0.15, 0.2) is 40.6 Å². The average molecular weight is 334 g/mol. The van der Waals surface area contributed by atoms with Crippen molar-refractivity contribution in [2.45, 2.75) is 13.5 Å². The smallest absolute Gasteiger partial charge is 0.271 e. The molecule has 0 bridgehead atoms. The third-order valence-corrected chi connectivity index (χ3v) is 4.44. The fraction of sp³-hybridized carbons (Fsp3) is 0.133. The van der Waals surface area contributed by atoms with Gasteiger partial charge >= 0.3 is 0 Å². The fourth-order valence-corrected chi connectivity index (χ4v) is 3.01. The van der Waals surface area contributed by atoms with E-state index in [2.05, 4.69) is 10.3 Å². The van der Waals surface area contributed by atoms with Gasteiger partial charge in [0.15, 0.2) is 4.96 Å². The standard InChI is InChI=1S/C15H12ClN3O2S/c1-9-8-22-15-18-7-12(14(21)19(9)15)13(20)17-6-10-2-4-11(16)5-3-10/h2-5,7-8H,6H2,1H3,(H,17,20). The van der Waals surface area contributed by atoms with E-state index in [1.54, 1.807) is 12.1 Å². The van der Waals surface area contributed by atoms with Gasteiger partial charge < -0.3 is 5.32 Å². The summed E-state index contributed by atoms with van der Waals surface area (Å²) >= 11 is 7.18. The van der Waals surface area contributed by atoms with E-state index in [0.717, 1.165) is 11.3 Å². The van der Waals surface area contributed by atoms with Gasteiger partial charge in [0.25, 0.3) is 11.5 Å². The second kappa shape index (κ2) is 5.90. The van der Waals surface area contributed by atoms with Gasteiger partial charge in [0, 0.05) is 28.8 Å². The van der Waals surface area contributed by atoms with Gasteiger partial charge in [-0.1, -0.05) is 23.7 Å². The minimum atomic E-state index is -0.438. The third-order valence-electron chi connectivity index (χ3n) is 3.23. The lowest BCUT2D eigenvalue weighted by Gasteiger charge is -2.05. The quantitative estimate of drug-likeness (QED) is 0.801. The Kier molecular flexibility index (Phi) is 3.96. The van der Waals surface area contributed by atoms with E-state index < -0.39 is 5.91 Å². The number of rotatable bonds is 3. The molecule has 1 amide bonds. The second-order valence-corrected chi connectivity index (χ2v) is 6.05. The molecule has 2 heterocycles. The monoisotopic (exact) mass is 333 g/mol. The van der Waals surface area contributed by atoms with Crippen LogP contribution in [-0.4, -0.2) is 15.3 Å². The molecule has 0 radical (unpaired) electrons. The number of aromatic nitrogens is 2. The highest BCUT2D eigenvalue weighted by Gasteiger charge is 2.14. The van der Waals surface area contributed by atoms with Crippen LogP contribution in [-0.2, 0) is 6.54 Å². The maximum absolute atomic E-state index is 12.4. The molecule has 3 rings (SSSR count). The maximum Gasteiger partial charge on any atom is 0.271 e. The van der Waals surface area contributed by atoms with Gasteiger partial charge in [0.05, 0.1) is 0 Å². The summed E-state index contributed by atoms with van der Waals surface area (Å²) < 4.78 is 1.45. The lowest BCUT2D eigenvalue weighted by Crippen LogP contribution is -2.31. The molecule has 2 aromatic heterocycles. The van der Waals surface area contributed by atoms with E-state index in [1.165, 1.54) is 21.9 Å². The first-order valence-electron chi connectivity index (χ1n) is 6.55. The first kappa shape index (κ1) is 14.7. The van der Waals surface area contributed by atoms with Crippen molar-refractivity contribution < 1.29 is 4.79 Å². The summed E-state index contributed by atoms with van der Waals surface area (Å²) in [6.07, 6.45) is 1.32. The summed E-state index contributed by atoms with van der Waals surface area (Å²) in [5.41, 5.74) is 1.36. The molecule has 0 aliphatic heterocycles. The van der Waals surface area contributed by atoms with Crippen molar-refractivity contribution in [2.24, 2.45) is 0 Å². The Morgan fingerprint density at radius 3 is 2.82 bits per heavy atom. The lowest BCUT2D eigenvalue weighted by atomic mass is 10.2. The number of hydrogen-bond acceptors (Lipinski definition) is 4. The van der Waals surface area contributed by atoms with Crippen molar-refractivity contribution in [3.05, 3.63) is 68.0 Å². The molecule has 0 saturated carbocycles. The lowest BCUT2D eigenvalue weighted by molar-refractivity contribution is 0.0949. The van der Waals surface area contributed by atoms with Crippen molar-refractivity contribution >= 4 is 33.8 Å². The maximum atomic E-state index is 12.4. The van der Waals surface area contributed by atoms with Crippen LogP contribution in [0.1, 0.15) is 21.6 Å². The van der Waals surface area contributed by atoms with E-state index in [4.69, 9.17) is 11.6 Å². The number of hydrogen-bond donors (Lipinski definition) is 1. The zero-order chi connectivity index (χ0) is 15.7. The summed E-state index contributed by atoms with van der Waals surface area (Å²) in [5, 5.41) is 5.19. The predicted octanol–water partition coefficient (Wildman–Crippen LogP) is 2.65. The van der Waals surface area contributed by atoms with E-state index in [0.29, 0.717) is 16.5 Å². The molecule has 0 fully saturated rings. The zero-order valence-electron chi connectivity index (χ0n) is 11.7. The normalized spacial score (nSPS) is 10.8. The first-order valence-corrected chi connectivity index (χ1v) is 7.80. The molecule has 0 aliphatic rings. The van der Waals surface area contributed by atoms with Crippen molar-refractivity contribution in [1.29, 1.82) is 0 Å². The number of nitrogens with zero attached hydrogens (tertiary/aromatic N) is 2. The molecule has 0 unspecified atom stereocenters. The van der Waals surface area contributed by atoms with Crippen molar-refractivity contribution in [3.63, 3.8) is 0 Å². The summed E-state index contributed by atoms with van der Waals surface area (Å²) in [5.74, 6) is -0.438. The number of carbonyl (C=O) groups excluding carboxylic acids is 1. The predicted molar refractivity (Wildman–Crippen MR) is 86.7 cm³/mol. The van der Waals surface area contributed by atoms with Crippen LogP contribution in [0.5, 0.6) is 0 Å². The molecule has 1 aromatic carbocycles. The summed E-state index contributed by atoms with van der Waals surface area (Å²) in [6.45, 7) is 2.13. The van der Waals surface area contributed by atoms with E-state index in [1.807, 2.05) is 24.4 Å². The molecule has 0 spiro atoms. The molecule has 1 N–H and O–H groups in total. The summed E-state index contributed by atoms with van der Waals surface area (Å²) in [7, 11) is 0. The van der Waals surface area contributed by atoms with Crippen LogP contribution in [0, 0.1) is 6.92 Å². The fourth-order valence-electron chi connectivity index (χ4n) is 2.06. The minimum Gasteiger partial charge on any atom is -0.348 e. The van der Waals surface area contributed by atoms with Gasteiger partial charge in [-0.3, -0.25) is 14.0 Å². The average Bonchev–Trinajstić information content (AvgIpc) is 2.89. The molecule has 5 nitrogen and oxygen atoms in total. The van der Waals surface area contributed by atoms with Gasteiger partial charge in [0.2, 0.25) is 0 Å². The first-order chi connectivity index (χ1) is 10.6. The van der Waals surface area contributed by atoms with Gasteiger partial charge in [-0.15, -0.1) is 11.3 Å². The molecule has 112 valence electrons.